The van der Waals surface area contributed by atoms with Crippen LogP contribution >= 0.6 is 0 Å². The molecule has 0 atom stereocenters. The van der Waals surface area contributed by atoms with E-state index in [0.29, 0.717) is 18.0 Å². The van der Waals surface area contributed by atoms with E-state index in [4.69, 9.17) is 4.74 Å². The van der Waals surface area contributed by atoms with Gasteiger partial charge in [0.2, 0.25) is 15.9 Å². The van der Waals surface area contributed by atoms with Gasteiger partial charge in [-0.3, -0.25) is 9.52 Å². The third kappa shape index (κ3) is 5.78. The van der Waals surface area contributed by atoms with Crippen molar-refractivity contribution >= 4 is 27.3 Å². The number of hydrogen-bond acceptors (Lipinski definition) is 6. The quantitative estimate of drug-likeness (QED) is 0.633. The largest absolute Gasteiger partial charge is 0.473 e. The molecule has 2 aromatic carbocycles. The smallest absolute Gasteiger partial charge is 0.274 e. The third-order valence-corrected chi connectivity index (χ3v) is 4.13. The van der Waals surface area contributed by atoms with Gasteiger partial charge in [0.1, 0.15) is 18.6 Å². The normalized spacial score (nSPS) is 10.9. The lowest BCUT2D eigenvalue weighted by atomic mass is 10.2. The van der Waals surface area contributed by atoms with Gasteiger partial charge >= 0.3 is 0 Å². The van der Waals surface area contributed by atoms with Crippen molar-refractivity contribution in [2.45, 2.75) is 6.61 Å². The second-order valence-corrected chi connectivity index (χ2v) is 7.67. The standard InChI is InChI=1S/C19H18N4O4S/c1-28(25,26)23-16-9-5-8-15(10-16)22-19(24)17-11-18(21-13-20-17)27-12-14-6-3-2-4-7-14/h2-11,13,23H,12H2,1H3,(H,22,24). The Morgan fingerprint density at radius 3 is 2.50 bits per heavy atom. The predicted molar refractivity (Wildman–Crippen MR) is 106 cm³/mol. The van der Waals surface area contributed by atoms with Gasteiger partial charge in [-0.15, -0.1) is 0 Å². The maximum Gasteiger partial charge on any atom is 0.274 e. The minimum absolute atomic E-state index is 0.125. The van der Waals surface area contributed by atoms with Crippen molar-refractivity contribution in [1.29, 1.82) is 0 Å². The molecule has 0 aliphatic rings. The minimum atomic E-state index is -3.41. The summed E-state index contributed by atoms with van der Waals surface area (Å²) in [5, 5.41) is 2.67. The second kappa shape index (κ2) is 8.49. The van der Waals surface area contributed by atoms with E-state index in [1.807, 2.05) is 30.3 Å². The summed E-state index contributed by atoms with van der Waals surface area (Å²) in [5.74, 6) is -0.194. The molecule has 0 saturated carbocycles. The summed E-state index contributed by atoms with van der Waals surface area (Å²) in [4.78, 5) is 20.4. The van der Waals surface area contributed by atoms with E-state index in [1.54, 1.807) is 18.2 Å². The van der Waals surface area contributed by atoms with Crippen LogP contribution in [0.15, 0.2) is 67.0 Å². The van der Waals surface area contributed by atoms with Crippen molar-refractivity contribution in [3.8, 4) is 5.88 Å². The zero-order chi connectivity index (χ0) is 20.0. The molecule has 3 aromatic rings. The molecule has 0 bridgehead atoms. The Morgan fingerprint density at radius 1 is 1.00 bits per heavy atom. The van der Waals surface area contributed by atoms with Gasteiger partial charge in [-0.25, -0.2) is 18.4 Å². The van der Waals surface area contributed by atoms with E-state index in [2.05, 4.69) is 20.0 Å². The van der Waals surface area contributed by atoms with E-state index >= 15 is 0 Å². The third-order valence-electron chi connectivity index (χ3n) is 3.53. The van der Waals surface area contributed by atoms with Crippen LogP contribution < -0.4 is 14.8 Å². The fourth-order valence-electron chi connectivity index (χ4n) is 2.34. The highest BCUT2D eigenvalue weighted by atomic mass is 32.2. The number of nitrogens with one attached hydrogen (secondary N) is 2. The lowest BCUT2D eigenvalue weighted by molar-refractivity contribution is 0.102. The van der Waals surface area contributed by atoms with Crippen LogP contribution in [0, 0.1) is 0 Å². The SMILES string of the molecule is CS(=O)(=O)Nc1cccc(NC(=O)c2cc(OCc3ccccc3)ncn2)c1. The maximum atomic E-state index is 12.4. The van der Waals surface area contributed by atoms with Crippen molar-refractivity contribution in [3.05, 3.63) is 78.2 Å². The number of nitrogens with zero attached hydrogens (tertiary/aromatic N) is 2. The molecule has 3 rings (SSSR count). The number of carbonyl (C=O) groups excluding carboxylic acids is 1. The van der Waals surface area contributed by atoms with Crippen LogP contribution in [-0.2, 0) is 16.6 Å². The lowest BCUT2D eigenvalue weighted by Crippen LogP contribution is -2.15. The molecule has 0 aliphatic carbocycles. The van der Waals surface area contributed by atoms with Crippen LogP contribution in [-0.4, -0.2) is 30.5 Å². The van der Waals surface area contributed by atoms with Gasteiger partial charge in [0, 0.05) is 11.8 Å². The summed E-state index contributed by atoms with van der Waals surface area (Å²) in [5.41, 5.74) is 1.86. The minimum Gasteiger partial charge on any atom is -0.473 e. The summed E-state index contributed by atoms with van der Waals surface area (Å²) in [6, 6.07) is 17.4. The van der Waals surface area contributed by atoms with Gasteiger partial charge in [0.25, 0.3) is 5.91 Å². The van der Waals surface area contributed by atoms with Gasteiger partial charge < -0.3 is 10.1 Å². The van der Waals surface area contributed by atoms with E-state index in [0.717, 1.165) is 11.8 Å². The van der Waals surface area contributed by atoms with Crippen LogP contribution in [0.3, 0.4) is 0 Å². The topological polar surface area (TPSA) is 110 Å². The molecule has 9 heteroatoms. The Hall–Kier alpha value is -3.46. The number of hydrogen-bond donors (Lipinski definition) is 2. The maximum absolute atomic E-state index is 12.4. The molecule has 0 radical (unpaired) electrons. The van der Waals surface area contributed by atoms with E-state index in [1.165, 1.54) is 18.5 Å². The molecule has 0 fully saturated rings. The Labute approximate surface area is 162 Å². The first-order valence-electron chi connectivity index (χ1n) is 8.27. The van der Waals surface area contributed by atoms with Crippen molar-refractivity contribution in [2.24, 2.45) is 0 Å². The van der Waals surface area contributed by atoms with Crippen molar-refractivity contribution in [1.82, 2.24) is 9.97 Å². The summed E-state index contributed by atoms with van der Waals surface area (Å²) >= 11 is 0. The molecule has 28 heavy (non-hydrogen) atoms. The Bertz CT molecular complexity index is 1070. The first kappa shape index (κ1) is 19.3. The zero-order valence-electron chi connectivity index (χ0n) is 15.0. The van der Waals surface area contributed by atoms with Crippen LogP contribution in [0.2, 0.25) is 0 Å². The average molecular weight is 398 g/mol. The number of sulfonamides is 1. The van der Waals surface area contributed by atoms with E-state index in [9.17, 15) is 13.2 Å². The van der Waals surface area contributed by atoms with Crippen molar-refractivity contribution in [2.75, 3.05) is 16.3 Å². The first-order valence-corrected chi connectivity index (χ1v) is 10.2. The molecule has 1 aromatic heterocycles. The fourth-order valence-corrected chi connectivity index (χ4v) is 2.90. The number of rotatable bonds is 7. The molecule has 0 unspecified atom stereocenters. The molecular weight excluding hydrogens is 380 g/mol. The first-order chi connectivity index (χ1) is 13.4. The number of aromatic nitrogens is 2. The summed E-state index contributed by atoms with van der Waals surface area (Å²) in [6.45, 7) is 0.318. The average Bonchev–Trinajstić information content (AvgIpc) is 2.66. The summed E-state index contributed by atoms with van der Waals surface area (Å²) < 4.78 is 30.6. The Morgan fingerprint density at radius 2 is 1.75 bits per heavy atom. The van der Waals surface area contributed by atoms with Gasteiger partial charge in [0.15, 0.2) is 0 Å². The number of ether oxygens (including phenoxy) is 1. The van der Waals surface area contributed by atoms with Gasteiger partial charge in [-0.05, 0) is 23.8 Å². The molecule has 0 aliphatic heterocycles. The molecule has 8 nitrogen and oxygen atoms in total. The molecule has 144 valence electrons. The number of benzene rings is 2. The molecule has 1 heterocycles. The molecule has 0 saturated heterocycles. The van der Waals surface area contributed by atoms with Gasteiger partial charge in [0.05, 0.1) is 11.9 Å². The van der Waals surface area contributed by atoms with E-state index < -0.39 is 15.9 Å². The van der Waals surface area contributed by atoms with Crippen LogP contribution in [0.1, 0.15) is 16.1 Å². The van der Waals surface area contributed by atoms with Gasteiger partial charge in [-0.2, -0.15) is 0 Å². The summed E-state index contributed by atoms with van der Waals surface area (Å²) in [7, 11) is -3.41. The highest BCUT2D eigenvalue weighted by Gasteiger charge is 2.11. The van der Waals surface area contributed by atoms with Crippen LogP contribution in [0.5, 0.6) is 5.88 Å². The number of anilines is 2. The molecule has 2 N–H and O–H groups in total. The van der Waals surface area contributed by atoms with E-state index in [-0.39, 0.29) is 11.6 Å². The molecular formula is C19H18N4O4S. The lowest BCUT2D eigenvalue weighted by Gasteiger charge is -2.09. The monoisotopic (exact) mass is 398 g/mol. The Balaban J connectivity index is 1.67. The fraction of sp³-hybridized carbons (Fsp3) is 0.105. The molecule has 0 spiro atoms. The predicted octanol–water partition coefficient (Wildman–Crippen LogP) is 2.68. The molecule has 1 amide bonds. The highest BCUT2D eigenvalue weighted by Crippen LogP contribution is 2.17. The van der Waals surface area contributed by atoms with Gasteiger partial charge in [-0.1, -0.05) is 36.4 Å². The summed E-state index contributed by atoms with van der Waals surface area (Å²) in [6.07, 6.45) is 2.30. The van der Waals surface area contributed by atoms with Crippen molar-refractivity contribution < 1.29 is 17.9 Å². The van der Waals surface area contributed by atoms with Crippen LogP contribution in [0.4, 0.5) is 11.4 Å². The van der Waals surface area contributed by atoms with Crippen molar-refractivity contribution in [3.63, 3.8) is 0 Å². The number of amides is 1. The van der Waals surface area contributed by atoms with Crippen LogP contribution in [0.25, 0.3) is 0 Å². The number of carbonyl (C=O) groups is 1. The Kier molecular flexibility index (Phi) is 5.85. The second-order valence-electron chi connectivity index (χ2n) is 5.92. The highest BCUT2D eigenvalue weighted by molar-refractivity contribution is 7.92. The zero-order valence-corrected chi connectivity index (χ0v) is 15.8.